The maximum Gasteiger partial charge on any atom is 0.0268 e. The largest absolute Gasteiger partial charge is 0.308 e. The fourth-order valence-electron chi connectivity index (χ4n) is 0.989. The number of hydrogen-bond acceptors (Lipinski definition) is 1. The molecule has 1 N–H and O–H groups in total. The molecule has 0 aliphatic heterocycles. The Labute approximate surface area is 95.5 Å². The number of benzene rings is 1. The Bertz CT molecular complexity index is 297. The highest BCUT2D eigenvalue weighted by Gasteiger charge is 1.93. The molecule has 0 bridgehead atoms. The van der Waals surface area contributed by atoms with Gasteiger partial charge < -0.3 is 5.32 Å². The van der Waals surface area contributed by atoms with Gasteiger partial charge in [-0.15, -0.1) is 0 Å². The van der Waals surface area contributed by atoms with Crippen LogP contribution >= 0.6 is 31.9 Å². The molecular weight excluding hydrogens is 294 g/mol. The minimum Gasteiger partial charge on any atom is -0.308 e. The third-order valence-corrected chi connectivity index (χ3v) is 2.31. The van der Waals surface area contributed by atoms with E-state index in [9.17, 15) is 0 Å². The van der Waals surface area contributed by atoms with E-state index in [2.05, 4.69) is 55.9 Å². The van der Waals surface area contributed by atoms with Crippen LogP contribution in [0.3, 0.4) is 0 Å². The number of hydrogen-bond donors (Lipinski definition) is 1. The van der Waals surface area contributed by atoms with Crippen LogP contribution in [0.5, 0.6) is 0 Å². The minimum atomic E-state index is 0.798. The molecule has 0 fully saturated rings. The summed E-state index contributed by atoms with van der Waals surface area (Å²) in [4.78, 5) is 0. The van der Waals surface area contributed by atoms with Crippen LogP contribution in [0.1, 0.15) is 5.56 Å². The Morgan fingerprint density at radius 1 is 1.46 bits per heavy atom. The first-order chi connectivity index (χ1) is 6.18. The number of halogens is 2. The summed E-state index contributed by atoms with van der Waals surface area (Å²) in [5, 5.41) is 3.26. The maximum atomic E-state index is 3.75. The van der Waals surface area contributed by atoms with Crippen molar-refractivity contribution in [3.05, 3.63) is 45.4 Å². The molecular formula is C10H11Br2N. The van der Waals surface area contributed by atoms with Gasteiger partial charge in [-0.1, -0.05) is 50.6 Å². The molecule has 0 saturated heterocycles. The normalized spacial score (nSPS) is 10.0. The third-order valence-electron chi connectivity index (χ3n) is 1.53. The summed E-state index contributed by atoms with van der Waals surface area (Å²) in [6, 6.07) is 8.25. The van der Waals surface area contributed by atoms with Crippen LogP contribution < -0.4 is 5.32 Å². The van der Waals surface area contributed by atoms with Gasteiger partial charge in [-0.3, -0.25) is 0 Å². The van der Waals surface area contributed by atoms with Gasteiger partial charge in [-0.05, 0) is 17.7 Å². The average molecular weight is 305 g/mol. The molecule has 1 aromatic carbocycles. The lowest BCUT2D eigenvalue weighted by Gasteiger charge is -2.03. The van der Waals surface area contributed by atoms with Gasteiger partial charge in [0.15, 0.2) is 0 Å². The molecule has 0 spiro atoms. The van der Waals surface area contributed by atoms with Crippen molar-refractivity contribution in [2.24, 2.45) is 0 Å². The van der Waals surface area contributed by atoms with Crippen LogP contribution in [0.4, 0.5) is 0 Å². The topological polar surface area (TPSA) is 12.0 Å². The third kappa shape index (κ3) is 4.60. The Balaban J connectivity index is 2.41. The van der Waals surface area contributed by atoms with Gasteiger partial charge in [-0.2, -0.15) is 0 Å². The van der Waals surface area contributed by atoms with E-state index >= 15 is 0 Å². The fourth-order valence-corrected chi connectivity index (χ4v) is 1.63. The van der Waals surface area contributed by atoms with E-state index < -0.39 is 0 Å². The molecule has 0 aliphatic carbocycles. The van der Waals surface area contributed by atoms with Crippen LogP contribution in [0.15, 0.2) is 39.8 Å². The first-order valence-corrected chi connectivity index (χ1v) is 5.55. The summed E-state index contributed by atoms with van der Waals surface area (Å²) in [6.45, 7) is 5.41. The number of nitrogens with one attached hydrogen (secondary N) is 1. The van der Waals surface area contributed by atoms with Crippen LogP contribution in [0.25, 0.3) is 0 Å². The van der Waals surface area contributed by atoms with E-state index in [0.717, 1.165) is 22.0 Å². The summed E-state index contributed by atoms with van der Waals surface area (Å²) in [5.74, 6) is 0. The highest BCUT2D eigenvalue weighted by Crippen LogP contribution is 2.11. The van der Waals surface area contributed by atoms with Crippen molar-refractivity contribution in [1.82, 2.24) is 5.32 Å². The average Bonchev–Trinajstić information content (AvgIpc) is 2.03. The summed E-state index contributed by atoms with van der Waals surface area (Å²) in [6.07, 6.45) is 0. The molecule has 1 aromatic rings. The summed E-state index contributed by atoms with van der Waals surface area (Å²) in [7, 11) is 0. The molecule has 0 aliphatic rings. The zero-order valence-corrected chi connectivity index (χ0v) is 10.4. The lowest BCUT2D eigenvalue weighted by Crippen LogP contribution is -2.14. The quantitative estimate of drug-likeness (QED) is 0.898. The first-order valence-electron chi connectivity index (χ1n) is 3.97. The monoisotopic (exact) mass is 303 g/mol. The van der Waals surface area contributed by atoms with Gasteiger partial charge in [0.25, 0.3) is 0 Å². The molecule has 1 rings (SSSR count). The second kappa shape index (κ2) is 5.58. The van der Waals surface area contributed by atoms with Crippen LogP contribution in [0, 0.1) is 0 Å². The van der Waals surface area contributed by atoms with E-state index in [1.54, 1.807) is 0 Å². The van der Waals surface area contributed by atoms with Crippen LogP contribution in [-0.4, -0.2) is 6.54 Å². The highest BCUT2D eigenvalue weighted by molar-refractivity contribution is 9.11. The van der Waals surface area contributed by atoms with Crippen molar-refractivity contribution in [1.29, 1.82) is 0 Å². The molecule has 0 amide bonds. The van der Waals surface area contributed by atoms with E-state index in [-0.39, 0.29) is 0 Å². The molecule has 0 radical (unpaired) electrons. The molecule has 3 heteroatoms. The van der Waals surface area contributed by atoms with Gasteiger partial charge in [0.2, 0.25) is 0 Å². The van der Waals surface area contributed by atoms with Crippen molar-refractivity contribution in [3.63, 3.8) is 0 Å². The number of rotatable bonds is 4. The van der Waals surface area contributed by atoms with E-state index in [4.69, 9.17) is 0 Å². The molecule has 70 valence electrons. The smallest absolute Gasteiger partial charge is 0.0268 e. The van der Waals surface area contributed by atoms with Gasteiger partial charge >= 0.3 is 0 Å². The predicted octanol–water partition coefficient (Wildman–Crippen LogP) is 3.45. The van der Waals surface area contributed by atoms with Gasteiger partial charge in [0, 0.05) is 22.0 Å². The van der Waals surface area contributed by atoms with Gasteiger partial charge in [-0.25, -0.2) is 0 Å². The van der Waals surface area contributed by atoms with Crippen molar-refractivity contribution in [2.75, 3.05) is 6.54 Å². The molecule has 0 aromatic heterocycles. The minimum absolute atomic E-state index is 0.798. The van der Waals surface area contributed by atoms with Crippen LogP contribution in [0.2, 0.25) is 0 Å². The lowest BCUT2D eigenvalue weighted by atomic mass is 10.2. The fraction of sp³-hybridized carbons (Fsp3) is 0.200. The Morgan fingerprint density at radius 3 is 2.85 bits per heavy atom. The van der Waals surface area contributed by atoms with Crippen molar-refractivity contribution >= 4 is 31.9 Å². The standard InChI is InChI=1S/C10H11Br2N/c1-8(11)6-13-7-9-3-2-4-10(12)5-9/h2-5,13H,1,6-7H2. The maximum absolute atomic E-state index is 3.75. The molecule has 1 nitrogen and oxygen atoms in total. The van der Waals surface area contributed by atoms with E-state index in [1.165, 1.54) is 5.56 Å². The van der Waals surface area contributed by atoms with E-state index in [0.29, 0.717) is 0 Å². The van der Waals surface area contributed by atoms with Crippen molar-refractivity contribution in [3.8, 4) is 0 Å². The molecule has 13 heavy (non-hydrogen) atoms. The second-order valence-electron chi connectivity index (χ2n) is 2.75. The molecule has 0 heterocycles. The molecule has 0 unspecified atom stereocenters. The van der Waals surface area contributed by atoms with Crippen molar-refractivity contribution in [2.45, 2.75) is 6.54 Å². The predicted molar refractivity (Wildman–Crippen MR) is 63.9 cm³/mol. The summed E-state index contributed by atoms with van der Waals surface area (Å²) in [5.41, 5.74) is 1.27. The zero-order valence-electron chi connectivity index (χ0n) is 7.19. The summed E-state index contributed by atoms with van der Waals surface area (Å²) < 4.78 is 2.09. The Morgan fingerprint density at radius 2 is 2.23 bits per heavy atom. The second-order valence-corrected chi connectivity index (χ2v) is 4.79. The van der Waals surface area contributed by atoms with Crippen LogP contribution in [-0.2, 0) is 6.54 Å². The van der Waals surface area contributed by atoms with Gasteiger partial charge in [0.05, 0.1) is 0 Å². The highest BCUT2D eigenvalue weighted by atomic mass is 79.9. The van der Waals surface area contributed by atoms with E-state index in [1.807, 2.05) is 12.1 Å². The zero-order chi connectivity index (χ0) is 9.68. The molecule has 0 atom stereocenters. The summed E-state index contributed by atoms with van der Waals surface area (Å²) >= 11 is 6.72. The Kier molecular flexibility index (Phi) is 4.70. The SMILES string of the molecule is C=C(Br)CNCc1cccc(Br)c1. The van der Waals surface area contributed by atoms with Gasteiger partial charge in [0.1, 0.15) is 0 Å². The lowest BCUT2D eigenvalue weighted by molar-refractivity contribution is 0.757. The first kappa shape index (κ1) is 11.0. The Hall–Kier alpha value is -0.120. The molecule has 0 saturated carbocycles. The van der Waals surface area contributed by atoms with Crippen molar-refractivity contribution < 1.29 is 0 Å².